The van der Waals surface area contributed by atoms with Gasteiger partial charge in [-0.15, -0.1) is 0 Å². The summed E-state index contributed by atoms with van der Waals surface area (Å²) in [4.78, 5) is 25.6. The molecule has 1 aromatic carbocycles. The largest absolute Gasteiger partial charge is 0.467 e. The fourth-order valence-corrected chi connectivity index (χ4v) is 2.52. The number of methoxy groups -OCH3 is 1. The molecule has 1 aliphatic rings. The molecular formula is C14H16BrNO4. The average Bonchev–Trinajstić information content (AvgIpc) is 2.48. The molecule has 2 rings (SSSR count). The van der Waals surface area contributed by atoms with Gasteiger partial charge < -0.3 is 14.4 Å². The first-order valence-electron chi connectivity index (χ1n) is 6.28. The van der Waals surface area contributed by atoms with Crippen molar-refractivity contribution >= 4 is 27.8 Å². The first-order chi connectivity index (χ1) is 9.54. The minimum Gasteiger partial charge on any atom is -0.467 e. The van der Waals surface area contributed by atoms with E-state index in [4.69, 9.17) is 4.74 Å². The third-order valence-electron chi connectivity index (χ3n) is 3.24. The quantitative estimate of drug-likeness (QED) is 0.769. The van der Waals surface area contributed by atoms with Gasteiger partial charge in [-0.1, -0.05) is 12.1 Å². The molecule has 1 aliphatic heterocycles. The zero-order chi connectivity index (χ0) is 14.7. The van der Waals surface area contributed by atoms with E-state index >= 15 is 0 Å². The van der Waals surface area contributed by atoms with Crippen molar-refractivity contribution in [2.24, 2.45) is 0 Å². The Morgan fingerprint density at radius 2 is 2.20 bits per heavy atom. The lowest BCUT2D eigenvalue weighted by atomic mass is 10.1. The van der Waals surface area contributed by atoms with Crippen molar-refractivity contribution in [2.75, 3.05) is 26.8 Å². The number of morpholine rings is 1. The summed E-state index contributed by atoms with van der Waals surface area (Å²) in [5.74, 6) is -0.566. The van der Waals surface area contributed by atoms with Crippen LogP contribution >= 0.6 is 15.9 Å². The number of esters is 1. The Morgan fingerprint density at radius 3 is 2.90 bits per heavy atom. The smallest absolute Gasteiger partial charge is 0.336 e. The van der Waals surface area contributed by atoms with E-state index in [9.17, 15) is 9.59 Å². The fraction of sp³-hybridized carbons (Fsp3) is 0.429. The van der Waals surface area contributed by atoms with Crippen molar-refractivity contribution in [2.45, 2.75) is 13.0 Å². The predicted octanol–water partition coefficient (Wildman–Crippen LogP) is 1.77. The molecule has 1 heterocycles. The summed E-state index contributed by atoms with van der Waals surface area (Å²) in [5.41, 5.74) is 1.59. The Kier molecular flexibility index (Phi) is 4.77. The number of halogens is 1. The maximum Gasteiger partial charge on any atom is 0.336 e. The maximum absolute atomic E-state index is 12.5. The van der Waals surface area contributed by atoms with Crippen LogP contribution in [0.3, 0.4) is 0 Å². The van der Waals surface area contributed by atoms with Gasteiger partial charge in [0.05, 0.1) is 25.8 Å². The zero-order valence-electron chi connectivity index (χ0n) is 11.4. The number of hydrogen-bond donors (Lipinski definition) is 0. The van der Waals surface area contributed by atoms with E-state index in [0.29, 0.717) is 18.7 Å². The molecule has 6 heteroatoms. The molecule has 1 atom stereocenters. The van der Waals surface area contributed by atoms with Gasteiger partial charge in [0.2, 0.25) is 0 Å². The molecule has 0 aromatic heterocycles. The second-order valence-electron chi connectivity index (χ2n) is 4.57. The molecule has 0 aliphatic carbocycles. The van der Waals surface area contributed by atoms with Gasteiger partial charge in [-0.2, -0.15) is 0 Å². The number of hydrogen-bond acceptors (Lipinski definition) is 4. The first kappa shape index (κ1) is 15.0. The number of rotatable bonds is 2. The van der Waals surface area contributed by atoms with Crippen LogP contribution in [0.2, 0.25) is 0 Å². The van der Waals surface area contributed by atoms with Crippen LogP contribution in [0.1, 0.15) is 15.9 Å². The van der Waals surface area contributed by atoms with Crippen LogP contribution in [0.5, 0.6) is 0 Å². The highest BCUT2D eigenvalue weighted by molar-refractivity contribution is 9.10. The molecule has 5 nitrogen and oxygen atoms in total. The third kappa shape index (κ3) is 3.02. The van der Waals surface area contributed by atoms with Crippen molar-refractivity contribution in [3.05, 3.63) is 33.8 Å². The fourth-order valence-electron chi connectivity index (χ4n) is 2.09. The Balaban J connectivity index is 2.16. The topological polar surface area (TPSA) is 55.8 Å². The summed E-state index contributed by atoms with van der Waals surface area (Å²) in [7, 11) is 1.31. The summed E-state index contributed by atoms with van der Waals surface area (Å²) in [6.45, 7) is 2.94. The SMILES string of the molecule is COC(=O)C1CN(C(=O)c2cccc(C)c2Br)CCO1. The molecular weight excluding hydrogens is 326 g/mol. The Morgan fingerprint density at radius 1 is 1.45 bits per heavy atom. The number of benzene rings is 1. The van der Waals surface area contributed by atoms with Gasteiger partial charge in [0, 0.05) is 11.0 Å². The van der Waals surface area contributed by atoms with Crippen LogP contribution < -0.4 is 0 Å². The highest BCUT2D eigenvalue weighted by Gasteiger charge is 2.31. The van der Waals surface area contributed by atoms with Crippen LogP contribution in [0, 0.1) is 6.92 Å². The van der Waals surface area contributed by atoms with E-state index in [0.717, 1.165) is 10.0 Å². The first-order valence-corrected chi connectivity index (χ1v) is 7.07. The van der Waals surface area contributed by atoms with Crippen molar-refractivity contribution in [1.29, 1.82) is 0 Å². The molecule has 0 radical (unpaired) electrons. The minimum absolute atomic E-state index is 0.113. The lowest BCUT2D eigenvalue weighted by Crippen LogP contribution is -2.49. The lowest BCUT2D eigenvalue weighted by Gasteiger charge is -2.31. The van der Waals surface area contributed by atoms with Gasteiger partial charge in [0.1, 0.15) is 0 Å². The normalized spacial score (nSPS) is 18.8. The van der Waals surface area contributed by atoms with E-state index in [2.05, 4.69) is 20.7 Å². The Labute approximate surface area is 126 Å². The van der Waals surface area contributed by atoms with E-state index in [1.54, 1.807) is 11.0 Å². The van der Waals surface area contributed by atoms with Crippen LogP contribution in [-0.4, -0.2) is 49.7 Å². The number of amides is 1. The molecule has 1 amide bonds. The summed E-state index contributed by atoms with van der Waals surface area (Å²) >= 11 is 3.43. The molecule has 1 aromatic rings. The van der Waals surface area contributed by atoms with Crippen molar-refractivity contribution in [3.8, 4) is 0 Å². The average molecular weight is 342 g/mol. The molecule has 0 bridgehead atoms. The highest BCUT2D eigenvalue weighted by atomic mass is 79.9. The van der Waals surface area contributed by atoms with E-state index in [-0.39, 0.29) is 12.5 Å². The second-order valence-corrected chi connectivity index (χ2v) is 5.36. The third-order valence-corrected chi connectivity index (χ3v) is 4.29. The van der Waals surface area contributed by atoms with Crippen LogP contribution in [-0.2, 0) is 14.3 Å². The van der Waals surface area contributed by atoms with E-state index in [1.807, 2.05) is 19.1 Å². The minimum atomic E-state index is -0.707. The lowest BCUT2D eigenvalue weighted by molar-refractivity contribution is -0.158. The second kappa shape index (κ2) is 6.37. The monoisotopic (exact) mass is 341 g/mol. The van der Waals surface area contributed by atoms with Crippen molar-refractivity contribution < 1.29 is 19.1 Å². The Hall–Kier alpha value is -1.40. The number of ether oxygens (including phenoxy) is 2. The molecule has 1 fully saturated rings. The van der Waals surface area contributed by atoms with E-state index in [1.165, 1.54) is 7.11 Å². The molecule has 0 N–H and O–H groups in total. The molecule has 1 saturated heterocycles. The van der Waals surface area contributed by atoms with Gasteiger partial charge >= 0.3 is 5.97 Å². The molecule has 0 saturated carbocycles. The number of carbonyl (C=O) groups is 2. The van der Waals surface area contributed by atoms with Gasteiger partial charge in [-0.3, -0.25) is 4.79 Å². The predicted molar refractivity (Wildman–Crippen MR) is 76.5 cm³/mol. The highest BCUT2D eigenvalue weighted by Crippen LogP contribution is 2.23. The van der Waals surface area contributed by atoms with Crippen LogP contribution in [0.4, 0.5) is 0 Å². The molecule has 108 valence electrons. The van der Waals surface area contributed by atoms with Gasteiger partial charge in [-0.25, -0.2) is 4.79 Å². The summed E-state index contributed by atoms with van der Waals surface area (Å²) in [6.07, 6.45) is -0.707. The maximum atomic E-state index is 12.5. The van der Waals surface area contributed by atoms with E-state index < -0.39 is 12.1 Å². The van der Waals surface area contributed by atoms with Crippen LogP contribution in [0.25, 0.3) is 0 Å². The number of nitrogens with zero attached hydrogens (tertiary/aromatic N) is 1. The van der Waals surface area contributed by atoms with Gasteiger partial charge in [0.15, 0.2) is 6.10 Å². The Bertz CT molecular complexity index is 532. The number of carbonyl (C=O) groups excluding carboxylic acids is 2. The summed E-state index contributed by atoms with van der Waals surface area (Å²) < 4.78 is 10.8. The molecule has 0 spiro atoms. The van der Waals surface area contributed by atoms with Crippen LogP contribution in [0.15, 0.2) is 22.7 Å². The van der Waals surface area contributed by atoms with Gasteiger partial charge in [-0.05, 0) is 34.5 Å². The number of aryl methyl sites for hydroxylation is 1. The standard InChI is InChI=1S/C14H16BrNO4/c1-9-4-3-5-10(12(9)15)13(17)16-6-7-20-11(8-16)14(18)19-2/h3-5,11H,6-8H2,1-2H3. The molecule has 20 heavy (non-hydrogen) atoms. The summed E-state index contributed by atoms with van der Waals surface area (Å²) in [5, 5.41) is 0. The summed E-state index contributed by atoms with van der Waals surface area (Å²) in [6, 6.07) is 5.53. The zero-order valence-corrected chi connectivity index (χ0v) is 13.0. The van der Waals surface area contributed by atoms with Crippen molar-refractivity contribution in [3.63, 3.8) is 0 Å². The van der Waals surface area contributed by atoms with Crippen molar-refractivity contribution in [1.82, 2.24) is 4.90 Å². The van der Waals surface area contributed by atoms with Gasteiger partial charge in [0.25, 0.3) is 5.91 Å². The molecule has 1 unspecified atom stereocenters.